The number of aromatic hydroxyl groups is 1. The topological polar surface area (TPSA) is 78.4 Å². The van der Waals surface area contributed by atoms with Crippen molar-refractivity contribution in [3.63, 3.8) is 0 Å². The maximum absolute atomic E-state index is 13.1. The summed E-state index contributed by atoms with van der Waals surface area (Å²) >= 11 is 13.7. The van der Waals surface area contributed by atoms with Crippen molar-refractivity contribution in [2.45, 2.75) is 18.2 Å². The van der Waals surface area contributed by atoms with E-state index >= 15 is 0 Å². The van der Waals surface area contributed by atoms with Crippen LogP contribution in [0.3, 0.4) is 0 Å². The van der Waals surface area contributed by atoms with Crippen molar-refractivity contribution in [1.82, 2.24) is 4.90 Å². The van der Waals surface area contributed by atoms with Gasteiger partial charge in [-0.05, 0) is 54.4 Å². The summed E-state index contributed by atoms with van der Waals surface area (Å²) in [6.45, 7) is 0.240. The molecule has 6 nitrogen and oxygen atoms in total. The summed E-state index contributed by atoms with van der Waals surface area (Å²) < 4.78 is 5.40. The summed E-state index contributed by atoms with van der Waals surface area (Å²) in [7, 11) is 0. The number of carbonyl (C=O) groups is 1. The number of para-hydroxylation sites is 1. The first kappa shape index (κ1) is 21.5. The molecule has 1 aliphatic heterocycles. The molecule has 4 rings (SSSR count). The van der Waals surface area contributed by atoms with Gasteiger partial charge in [-0.25, -0.2) is 0 Å². The largest absolute Gasteiger partial charge is 0.507 e. The van der Waals surface area contributed by atoms with Gasteiger partial charge in [0.05, 0.1) is 24.3 Å². The van der Waals surface area contributed by atoms with Crippen molar-refractivity contribution in [2.24, 2.45) is 10.2 Å². The highest BCUT2D eigenvalue weighted by Crippen LogP contribution is 2.33. The van der Waals surface area contributed by atoms with Gasteiger partial charge >= 0.3 is 0 Å². The molecule has 0 spiro atoms. The second-order valence-electron chi connectivity index (χ2n) is 6.74. The fourth-order valence-corrected chi connectivity index (χ4v) is 4.57. The van der Waals surface area contributed by atoms with Crippen molar-refractivity contribution < 1.29 is 14.3 Å². The van der Waals surface area contributed by atoms with E-state index in [4.69, 9.17) is 27.6 Å². The van der Waals surface area contributed by atoms with Gasteiger partial charge in [0.2, 0.25) is 5.91 Å². The van der Waals surface area contributed by atoms with E-state index in [1.807, 2.05) is 0 Å². The van der Waals surface area contributed by atoms with Crippen molar-refractivity contribution >= 4 is 52.3 Å². The van der Waals surface area contributed by atoms with Crippen LogP contribution in [0.15, 0.2) is 75.5 Å². The Bertz CT molecular complexity index is 1150. The van der Waals surface area contributed by atoms with E-state index in [1.165, 1.54) is 22.9 Å². The number of rotatable bonds is 6. The second kappa shape index (κ2) is 9.60. The van der Waals surface area contributed by atoms with Gasteiger partial charge in [0, 0.05) is 15.6 Å². The zero-order chi connectivity index (χ0) is 21.8. The van der Waals surface area contributed by atoms with Gasteiger partial charge in [-0.1, -0.05) is 47.1 Å². The monoisotopic (exact) mass is 473 g/mol. The SMILES string of the molecule is O=C1[C@H](Cc2cc(Cl)ccc2Cl)S/C(=N/N=C\c2ccccc2O)N1Cc1ccco1. The van der Waals surface area contributed by atoms with Gasteiger partial charge in [0.15, 0.2) is 5.17 Å². The standard InChI is InChI=1S/C22H17Cl2N3O3S/c23-16-7-8-18(24)15(10-16)11-20-21(29)27(13-17-5-3-9-30-17)22(31-20)26-25-12-14-4-1-2-6-19(14)28/h1-10,12,20,28H,11,13H2/b25-12-,26-22+/t20-/m0/s1. The van der Waals surface area contributed by atoms with E-state index in [-0.39, 0.29) is 18.2 Å². The number of benzene rings is 2. The van der Waals surface area contributed by atoms with E-state index < -0.39 is 5.25 Å². The number of phenolic OH excluding ortho intramolecular Hbond substituents is 1. The van der Waals surface area contributed by atoms with Crippen LogP contribution in [0.2, 0.25) is 10.0 Å². The summed E-state index contributed by atoms with van der Waals surface area (Å²) in [5, 5.41) is 19.3. The molecular weight excluding hydrogens is 457 g/mol. The molecule has 1 atom stereocenters. The van der Waals surface area contributed by atoms with Crippen LogP contribution in [-0.2, 0) is 17.8 Å². The van der Waals surface area contributed by atoms with Crippen molar-refractivity contribution in [3.8, 4) is 5.75 Å². The van der Waals surface area contributed by atoms with Crippen LogP contribution < -0.4 is 0 Å². The number of amides is 1. The third-order valence-corrected chi connectivity index (χ3v) is 6.37. The zero-order valence-electron chi connectivity index (χ0n) is 16.1. The molecule has 1 aromatic heterocycles. The highest BCUT2D eigenvalue weighted by atomic mass is 35.5. The molecule has 31 heavy (non-hydrogen) atoms. The molecule has 9 heteroatoms. The van der Waals surface area contributed by atoms with E-state index in [1.54, 1.807) is 60.9 Å². The lowest BCUT2D eigenvalue weighted by Crippen LogP contribution is -2.32. The quantitative estimate of drug-likeness (QED) is 0.385. The van der Waals surface area contributed by atoms with E-state index in [0.29, 0.717) is 33.0 Å². The van der Waals surface area contributed by atoms with Crippen LogP contribution in [0, 0.1) is 0 Å². The highest BCUT2D eigenvalue weighted by molar-refractivity contribution is 8.15. The first-order valence-electron chi connectivity index (χ1n) is 9.34. The van der Waals surface area contributed by atoms with Crippen LogP contribution in [0.25, 0.3) is 0 Å². The Kier molecular flexibility index (Phi) is 6.65. The smallest absolute Gasteiger partial charge is 0.242 e. The highest BCUT2D eigenvalue weighted by Gasteiger charge is 2.39. The van der Waals surface area contributed by atoms with Crippen LogP contribution in [-0.4, -0.2) is 32.5 Å². The Morgan fingerprint density at radius 2 is 2.00 bits per heavy atom. The molecule has 0 radical (unpaired) electrons. The van der Waals surface area contributed by atoms with E-state index in [2.05, 4.69) is 10.2 Å². The molecular formula is C22H17Cl2N3O3S. The number of thioether (sulfide) groups is 1. The Morgan fingerprint density at radius 1 is 1.16 bits per heavy atom. The molecule has 3 aromatic rings. The lowest BCUT2D eigenvalue weighted by Gasteiger charge is -2.14. The van der Waals surface area contributed by atoms with Crippen molar-refractivity contribution in [3.05, 3.63) is 87.8 Å². The van der Waals surface area contributed by atoms with Crippen LogP contribution >= 0.6 is 35.0 Å². The molecule has 1 amide bonds. The number of amidine groups is 1. The fourth-order valence-electron chi connectivity index (χ4n) is 3.06. The number of hydrogen-bond donors (Lipinski definition) is 1. The number of furan rings is 1. The minimum absolute atomic E-state index is 0.0996. The number of hydrogen-bond acceptors (Lipinski definition) is 6. The molecule has 1 N–H and O–H groups in total. The predicted molar refractivity (Wildman–Crippen MR) is 124 cm³/mol. The Labute approximate surface area is 193 Å². The molecule has 0 aliphatic carbocycles. The minimum atomic E-state index is -0.426. The Balaban J connectivity index is 1.59. The molecule has 1 saturated heterocycles. The van der Waals surface area contributed by atoms with Crippen LogP contribution in [0.1, 0.15) is 16.9 Å². The Morgan fingerprint density at radius 3 is 2.77 bits per heavy atom. The lowest BCUT2D eigenvalue weighted by molar-refractivity contribution is -0.126. The van der Waals surface area contributed by atoms with Crippen LogP contribution in [0.5, 0.6) is 5.75 Å². The molecule has 2 aromatic carbocycles. The molecule has 0 unspecified atom stereocenters. The fraction of sp³-hybridized carbons (Fsp3) is 0.136. The molecule has 1 aliphatic rings. The van der Waals surface area contributed by atoms with Crippen LogP contribution in [0.4, 0.5) is 0 Å². The third-order valence-electron chi connectivity index (χ3n) is 4.60. The van der Waals surface area contributed by atoms with Gasteiger partial charge in [-0.15, -0.1) is 5.10 Å². The first-order valence-corrected chi connectivity index (χ1v) is 11.0. The molecule has 1 fully saturated rings. The van der Waals surface area contributed by atoms with Gasteiger partial charge in [0.1, 0.15) is 11.5 Å². The second-order valence-corrected chi connectivity index (χ2v) is 8.75. The summed E-state index contributed by atoms with van der Waals surface area (Å²) in [5.74, 6) is 0.615. The number of phenols is 1. The summed E-state index contributed by atoms with van der Waals surface area (Å²) in [4.78, 5) is 14.7. The molecule has 158 valence electrons. The minimum Gasteiger partial charge on any atom is -0.507 e. The Hall–Kier alpha value is -2.74. The normalized spacial score (nSPS) is 17.9. The van der Waals surface area contributed by atoms with Gasteiger partial charge in [0.25, 0.3) is 0 Å². The summed E-state index contributed by atoms with van der Waals surface area (Å²) in [6, 6.07) is 15.5. The number of halogens is 2. The summed E-state index contributed by atoms with van der Waals surface area (Å²) in [6.07, 6.45) is 3.40. The zero-order valence-corrected chi connectivity index (χ0v) is 18.4. The van der Waals surface area contributed by atoms with Gasteiger partial charge in [-0.3, -0.25) is 9.69 Å². The van der Waals surface area contributed by atoms with E-state index in [0.717, 1.165) is 5.56 Å². The maximum atomic E-state index is 13.1. The van der Waals surface area contributed by atoms with Gasteiger partial charge < -0.3 is 9.52 Å². The lowest BCUT2D eigenvalue weighted by atomic mass is 10.1. The summed E-state index contributed by atoms with van der Waals surface area (Å²) in [5.41, 5.74) is 1.32. The van der Waals surface area contributed by atoms with Gasteiger partial charge in [-0.2, -0.15) is 5.10 Å². The average molecular weight is 474 g/mol. The van der Waals surface area contributed by atoms with Crippen molar-refractivity contribution in [1.29, 1.82) is 0 Å². The first-order chi connectivity index (χ1) is 15.0. The predicted octanol–water partition coefficient (Wildman–Crippen LogP) is 5.37. The molecule has 0 saturated carbocycles. The molecule has 2 heterocycles. The average Bonchev–Trinajstić information content (AvgIpc) is 3.36. The number of carbonyl (C=O) groups excluding carboxylic acids is 1. The third kappa shape index (κ3) is 5.12. The van der Waals surface area contributed by atoms with Crippen molar-refractivity contribution in [2.75, 3.05) is 0 Å². The maximum Gasteiger partial charge on any atom is 0.242 e. The molecule has 0 bridgehead atoms. The number of nitrogens with zero attached hydrogens (tertiary/aromatic N) is 3. The van der Waals surface area contributed by atoms with E-state index in [9.17, 15) is 9.90 Å².